The molecule has 2 aromatic rings. The number of hydrogen-bond acceptors (Lipinski definition) is 6. The topological polar surface area (TPSA) is 100 Å². The van der Waals surface area contributed by atoms with E-state index in [2.05, 4.69) is 23.8 Å². The van der Waals surface area contributed by atoms with E-state index in [0.29, 0.717) is 25.2 Å². The van der Waals surface area contributed by atoms with E-state index < -0.39 is 42.6 Å². The number of carbonyl (C=O) groups excluding carboxylic acids is 2. The number of hydrogen-bond donors (Lipinski definition) is 3. The molecule has 2 aromatic carbocycles. The molecule has 0 saturated carbocycles. The molecule has 3 rings (SSSR count). The van der Waals surface area contributed by atoms with Crippen LogP contribution in [0.3, 0.4) is 0 Å². The van der Waals surface area contributed by atoms with Crippen molar-refractivity contribution in [1.82, 2.24) is 15.5 Å². The zero-order valence-corrected chi connectivity index (χ0v) is 25.9. The molecule has 1 aliphatic rings. The number of methoxy groups -OCH3 is 1. The molecule has 0 fully saturated rings. The lowest BCUT2D eigenvalue weighted by molar-refractivity contribution is -0.143. The zero-order chi connectivity index (χ0) is 33.0. The van der Waals surface area contributed by atoms with Gasteiger partial charge in [-0.3, -0.25) is 9.59 Å². The van der Waals surface area contributed by atoms with Gasteiger partial charge in [-0.1, -0.05) is 48.6 Å². The molecule has 45 heavy (non-hydrogen) atoms. The molecule has 1 aliphatic carbocycles. The molecule has 0 spiro atoms. The van der Waals surface area contributed by atoms with E-state index >= 15 is 0 Å². The first-order valence-electron chi connectivity index (χ1n) is 15.1. The van der Waals surface area contributed by atoms with Gasteiger partial charge in [-0.05, 0) is 54.5 Å². The lowest BCUT2D eigenvalue weighted by Crippen LogP contribution is -2.55. The third-order valence-electron chi connectivity index (χ3n) is 7.95. The quantitative estimate of drug-likeness (QED) is 0.196. The molecule has 0 bridgehead atoms. The van der Waals surface area contributed by atoms with Crippen LogP contribution in [0.1, 0.15) is 60.9 Å². The maximum absolute atomic E-state index is 13.6. The Morgan fingerprint density at radius 2 is 1.87 bits per heavy atom. The summed E-state index contributed by atoms with van der Waals surface area (Å²) in [7, 11) is 2.99. The lowest BCUT2D eigenvalue weighted by Gasteiger charge is -2.31. The minimum atomic E-state index is -4.36. The molecule has 11 heteroatoms. The average Bonchev–Trinajstić information content (AvgIpc) is 3.36. The van der Waals surface area contributed by atoms with E-state index in [-0.39, 0.29) is 38.0 Å². The van der Waals surface area contributed by atoms with Crippen molar-refractivity contribution in [3.63, 3.8) is 0 Å². The van der Waals surface area contributed by atoms with Crippen molar-refractivity contribution >= 4 is 11.8 Å². The van der Waals surface area contributed by atoms with Crippen LogP contribution >= 0.6 is 0 Å². The predicted octanol–water partition coefficient (Wildman–Crippen LogP) is 5.20. The van der Waals surface area contributed by atoms with Crippen LogP contribution in [0.25, 0.3) is 0 Å². The Morgan fingerprint density at radius 3 is 2.51 bits per heavy atom. The molecule has 0 aromatic heterocycles. The number of fused-ring (bicyclic) bond motifs is 1. The normalized spacial score (nSPS) is 17.9. The molecule has 0 radical (unpaired) electrons. The van der Waals surface area contributed by atoms with Gasteiger partial charge in [-0.25, -0.2) is 0 Å². The highest BCUT2D eigenvalue weighted by Gasteiger charge is 2.34. The molecule has 3 N–H and O–H groups in total. The highest BCUT2D eigenvalue weighted by atomic mass is 19.4. The summed E-state index contributed by atoms with van der Waals surface area (Å²) in [6.45, 7) is 7.93. The summed E-state index contributed by atoms with van der Waals surface area (Å²) in [6.07, 6.45) is -3.17. The summed E-state index contributed by atoms with van der Waals surface area (Å²) >= 11 is 0. The van der Waals surface area contributed by atoms with Gasteiger partial charge in [0.25, 0.3) is 0 Å². The number of carbonyl (C=O) groups is 2. The number of aliphatic hydroxyl groups is 1. The van der Waals surface area contributed by atoms with E-state index in [4.69, 9.17) is 9.47 Å². The van der Waals surface area contributed by atoms with Crippen molar-refractivity contribution in [1.29, 1.82) is 0 Å². The van der Waals surface area contributed by atoms with E-state index in [9.17, 15) is 27.9 Å². The fourth-order valence-electron chi connectivity index (χ4n) is 5.50. The molecule has 2 amide bonds. The Kier molecular flexibility index (Phi) is 13.6. The van der Waals surface area contributed by atoms with Gasteiger partial charge in [-0.15, -0.1) is 13.2 Å². The highest BCUT2D eigenvalue weighted by Crippen LogP contribution is 2.42. The van der Waals surface area contributed by atoms with E-state index in [1.807, 2.05) is 48.5 Å². The van der Waals surface area contributed by atoms with Gasteiger partial charge in [0.1, 0.15) is 11.8 Å². The van der Waals surface area contributed by atoms with Gasteiger partial charge in [-0.2, -0.15) is 13.2 Å². The first-order valence-corrected chi connectivity index (χ1v) is 15.1. The van der Waals surface area contributed by atoms with Crippen molar-refractivity contribution in [3.05, 3.63) is 90.5 Å². The second-order valence-corrected chi connectivity index (χ2v) is 11.2. The van der Waals surface area contributed by atoms with Crippen LogP contribution in [-0.4, -0.2) is 73.5 Å². The second kappa shape index (κ2) is 17.1. The minimum Gasteiger partial charge on any atom is -0.497 e. The maximum Gasteiger partial charge on any atom is 0.389 e. The largest absolute Gasteiger partial charge is 0.497 e. The monoisotopic (exact) mass is 631 g/mol. The van der Waals surface area contributed by atoms with E-state index in [1.165, 1.54) is 13.1 Å². The summed E-state index contributed by atoms with van der Waals surface area (Å²) in [5, 5.41) is 17.8. The second-order valence-electron chi connectivity index (χ2n) is 11.2. The molecule has 5 atom stereocenters. The van der Waals surface area contributed by atoms with E-state index in [0.717, 1.165) is 21.6 Å². The zero-order valence-electron chi connectivity index (χ0n) is 25.9. The predicted molar refractivity (Wildman–Crippen MR) is 167 cm³/mol. The summed E-state index contributed by atoms with van der Waals surface area (Å²) in [5.41, 5.74) is 2.90. The maximum atomic E-state index is 13.6. The number of alkyl halides is 3. The van der Waals surface area contributed by atoms with Crippen LogP contribution in [0.4, 0.5) is 13.2 Å². The van der Waals surface area contributed by atoms with Gasteiger partial charge in [0.2, 0.25) is 11.8 Å². The Hall–Kier alpha value is -3.67. The Labute approximate surface area is 263 Å². The third-order valence-corrected chi connectivity index (χ3v) is 7.95. The van der Waals surface area contributed by atoms with Crippen molar-refractivity contribution in [3.8, 4) is 5.75 Å². The van der Waals surface area contributed by atoms with Crippen molar-refractivity contribution in [2.75, 3.05) is 27.3 Å². The van der Waals surface area contributed by atoms with Crippen molar-refractivity contribution in [2.45, 2.75) is 75.0 Å². The standard InChI is InChI=1S/C34H44F3N3O5/c1-5-11-29(40(3)32(42)14-10-17-34(35,36)37)33(43)39-28(19-23-12-8-7-9-13-23)30(41)22-38-27-21-31(45-18-6-2)25-16-15-24(44-4)20-26(25)27/h5-9,12-13,15-16,20,27-31,38,41H,1-2,10-11,14,17-19,21-22H2,3-4H3,(H,39,43)/t27-,28-,29-,30-,31+/m0/s1. The number of likely N-dealkylation sites (N-methyl/N-ethyl adjacent to an activating group) is 1. The molecule has 0 unspecified atom stereocenters. The number of rotatable bonds is 18. The summed E-state index contributed by atoms with van der Waals surface area (Å²) in [6, 6.07) is 13.3. The molecular formula is C34H44F3N3O5. The van der Waals surface area contributed by atoms with Crippen molar-refractivity contribution < 1.29 is 37.3 Å². The van der Waals surface area contributed by atoms with Gasteiger partial charge in [0.05, 0.1) is 32.0 Å². The SMILES string of the molecule is C=CCO[C@@H]1C[C@H](NC[C@H](O)[C@H](Cc2ccccc2)NC(=O)[C@H](CC=C)N(C)C(=O)CCCC(F)(F)F)c2cc(OC)ccc21. The van der Waals surface area contributed by atoms with Gasteiger partial charge >= 0.3 is 6.18 Å². The molecule has 246 valence electrons. The van der Waals surface area contributed by atoms with Crippen molar-refractivity contribution in [2.24, 2.45) is 0 Å². The first-order chi connectivity index (χ1) is 21.5. The summed E-state index contributed by atoms with van der Waals surface area (Å²) in [5.74, 6) is -0.410. The lowest BCUT2D eigenvalue weighted by atomic mass is 9.99. The van der Waals surface area contributed by atoms with Gasteiger partial charge < -0.3 is 30.1 Å². The number of nitrogens with one attached hydrogen (secondary N) is 2. The number of halogens is 3. The number of nitrogens with zero attached hydrogens (tertiary/aromatic N) is 1. The molecule has 0 saturated heterocycles. The van der Waals surface area contributed by atoms with Gasteiger partial charge in [0.15, 0.2) is 0 Å². The summed E-state index contributed by atoms with van der Waals surface area (Å²) < 4.78 is 49.2. The minimum absolute atomic E-state index is 0.0898. The Bertz CT molecular complexity index is 1270. The molecule has 8 nitrogen and oxygen atoms in total. The number of amides is 2. The van der Waals surface area contributed by atoms with Crippen LogP contribution in [-0.2, 0) is 20.7 Å². The van der Waals surface area contributed by atoms with Crippen LogP contribution in [0.15, 0.2) is 73.8 Å². The average molecular weight is 632 g/mol. The molecule has 0 aliphatic heterocycles. The fourth-order valence-corrected chi connectivity index (χ4v) is 5.50. The van der Waals surface area contributed by atoms with Crippen LogP contribution in [0.5, 0.6) is 5.75 Å². The van der Waals surface area contributed by atoms with Crippen LogP contribution in [0.2, 0.25) is 0 Å². The first kappa shape index (κ1) is 35.8. The number of ether oxygens (including phenoxy) is 2. The molecule has 0 heterocycles. The van der Waals surface area contributed by atoms with E-state index in [1.54, 1.807) is 13.2 Å². The highest BCUT2D eigenvalue weighted by molar-refractivity contribution is 5.88. The van der Waals surface area contributed by atoms with Gasteiger partial charge in [0, 0.05) is 32.5 Å². The number of aliphatic hydroxyl groups excluding tert-OH is 1. The Balaban J connectivity index is 1.74. The Morgan fingerprint density at radius 1 is 1.13 bits per heavy atom. The third kappa shape index (κ3) is 10.7. The summed E-state index contributed by atoms with van der Waals surface area (Å²) in [4.78, 5) is 27.4. The fraction of sp³-hybridized carbons (Fsp3) is 0.471. The van der Waals surface area contributed by atoms with Crippen LogP contribution in [0, 0.1) is 0 Å². The van der Waals surface area contributed by atoms with Crippen LogP contribution < -0.4 is 15.4 Å². The molecular weight excluding hydrogens is 587 g/mol. The number of benzene rings is 2. The smallest absolute Gasteiger partial charge is 0.389 e.